The molecular formula is C16H22N4O4. The Morgan fingerprint density at radius 1 is 1.33 bits per heavy atom. The van der Waals surface area contributed by atoms with Gasteiger partial charge in [0.25, 0.3) is 0 Å². The van der Waals surface area contributed by atoms with E-state index >= 15 is 0 Å². The molecule has 0 unspecified atom stereocenters. The number of ether oxygens (including phenoxy) is 1. The van der Waals surface area contributed by atoms with Crippen LogP contribution in [0, 0.1) is 5.41 Å². The van der Waals surface area contributed by atoms with Crippen LogP contribution in [0.15, 0.2) is 12.4 Å². The third-order valence-electron chi connectivity index (χ3n) is 5.06. The van der Waals surface area contributed by atoms with Gasteiger partial charge in [-0.3, -0.25) is 9.59 Å². The first-order valence-corrected chi connectivity index (χ1v) is 8.12. The van der Waals surface area contributed by atoms with E-state index in [1.165, 1.54) is 11.2 Å². The molecular weight excluding hydrogens is 312 g/mol. The van der Waals surface area contributed by atoms with Crippen molar-refractivity contribution in [1.82, 2.24) is 14.9 Å². The molecule has 0 atom stereocenters. The number of nitrogens with zero attached hydrogens (tertiary/aromatic N) is 4. The van der Waals surface area contributed by atoms with Crippen LogP contribution < -0.4 is 9.64 Å². The lowest BCUT2D eigenvalue weighted by Crippen LogP contribution is -2.52. The molecule has 3 rings (SSSR count). The van der Waals surface area contributed by atoms with Crippen LogP contribution in [0.2, 0.25) is 0 Å². The molecule has 1 spiro atoms. The molecule has 2 fully saturated rings. The minimum absolute atomic E-state index is 0.0248. The Bertz CT molecular complexity index is 628. The normalized spacial score (nSPS) is 20.3. The lowest BCUT2D eigenvalue weighted by Gasteiger charge is -2.47. The van der Waals surface area contributed by atoms with Crippen molar-refractivity contribution in [2.75, 3.05) is 38.2 Å². The number of hydrogen-bond donors (Lipinski definition) is 1. The van der Waals surface area contributed by atoms with Gasteiger partial charge in [-0.15, -0.1) is 0 Å². The molecule has 2 aliphatic heterocycles. The summed E-state index contributed by atoms with van der Waals surface area (Å²) < 4.78 is 5.14. The largest absolute Gasteiger partial charge is 0.481 e. The van der Waals surface area contributed by atoms with E-state index in [1.807, 2.05) is 6.07 Å². The average molecular weight is 334 g/mol. The van der Waals surface area contributed by atoms with E-state index in [9.17, 15) is 9.59 Å². The maximum Gasteiger partial charge on any atom is 0.323 e. The van der Waals surface area contributed by atoms with Crippen LogP contribution in [0.1, 0.15) is 25.7 Å². The van der Waals surface area contributed by atoms with Crippen molar-refractivity contribution in [3.05, 3.63) is 12.4 Å². The van der Waals surface area contributed by atoms with Crippen LogP contribution in [0.4, 0.5) is 5.82 Å². The highest BCUT2D eigenvalue weighted by molar-refractivity contribution is 5.82. The molecule has 0 bridgehead atoms. The van der Waals surface area contributed by atoms with E-state index in [0.717, 1.165) is 38.2 Å². The zero-order chi connectivity index (χ0) is 17.2. The second-order valence-electron chi connectivity index (χ2n) is 6.55. The molecule has 2 saturated heterocycles. The number of carbonyl (C=O) groups is 2. The van der Waals surface area contributed by atoms with Gasteiger partial charge in [0.15, 0.2) is 0 Å². The minimum Gasteiger partial charge on any atom is -0.481 e. The Morgan fingerprint density at radius 2 is 2.08 bits per heavy atom. The number of aliphatic carboxylic acids is 1. The number of carboxylic acids is 1. The number of amides is 1. The van der Waals surface area contributed by atoms with E-state index in [0.29, 0.717) is 18.8 Å². The molecule has 2 aliphatic rings. The number of piperidine rings is 2. The van der Waals surface area contributed by atoms with E-state index in [2.05, 4.69) is 14.9 Å². The van der Waals surface area contributed by atoms with Gasteiger partial charge in [0, 0.05) is 32.1 Å². The number of carboxylic acid groups (broad SMARTS) is 1. The second kappa shape index (κ2) is 6.62. The van der Waals surface area contributed by atoms with Gasteiger partial charge in [-0.2, -0.15) is 0 Å². The maximum atomic E-state index is 11.9. The van der Waals surface area contributed by atoms with Crippen molar-refractivity contribution in [2.24, 2.45) is 5.41 Å². The maximum absolute atomic E-state index is 11.9. The lowest BCUT2D eigenvalue weighted by molar-refractivity contribution is -0.148. The van der Waals surface area contributed by atoms with Crippen molar-refractivity contribution >= 4 is 17.7 Å². The first-order chi connectivity index (χ1) is 11.5. The van der Waals surface area contributed by atoms with Gasteiger partial charge in [0.05, 0.1) is 7.11 Å². The molecule has 0 aliphatic carbocycles. The molecule has 130 valence electrons. The zero-order valence-electron chi connectivity index (χ0n) is 13.8. The van der Waals surface area contributed by atoms with Crippen LogP contribution >= 0.6 is 0 Å². The monoisotopic (exact) mass is 334 g/mol. The molecule has 0 saturated carbocycles. The second-order valence-corrected chi connectivity index (χ2v) is 6.55. The van der Waals surface area contributed by atoms with Crippen molar-refractivity contribution < 1.29 is 19.4 Å². The molecule has 0 aromatic carbocycles. The fraction of sp³-hybridized carbons (Fsp3) is 0.625. The van der Waals surface area contributed by atoms with Gasteiger partial charge in [0.2, 0.25) is 11.8 Å². The number of aromatic nitrogens is 2. The topological polar surface area (TPSA) is 95.9 Å². The van der Waals surface area contributed by atoms with E-state index in [1.54, 1.807) is 7.11 Å². The summed E-state index contributed by atoms with van der Waals surface area (Å²) in [7, 11) is 1.58. The van der Waals surface area contributed by atoms with Gasteiger partial charge in [0.1, 0.15) is 18.7 Å². The zero-order valence-corrected chi connectivity index (χ0v) is 13.8. The summed E-state index contributed by atoms with van der Waals surface area (Å²) in [6.07, 6.45) is 4.61. The first-order valence-electron chi connectivity index (χ1n) is 8.12. The Hall–Kier alpha value is -2.38. The molecule has 1 aromatic rings. The third-order valence-corrected chi connectivity index (χ3v) is 5.06. The van der Waals surface area contributed by atoms with E-state index < -0.39 is 5.97 Å². The quantitative estimate of drug-likeness (QED) is 0.869. The fourth-order valence-electron chi connectivity index (χ4n) is 3.64. The molecule has 8 nitrogen and oxygen atoms in total. The Labute approximate surface area is 140 Å². The Kier molecular flexibility index (Phi) is 4.55. The number of carbonyl (C=O) groups excluding carboxylic acids is 1. The van der Waals surface area contributed by atoms with Crippen LogP contribution in [-0.2, 0) is 9.59 Å². The number of likely N-dealkylation sites (tertiary alicyclic amines) is 1. The molecule has 1 N–H and O–H groups in total. The highest BCUT2D eigenvalue weighted by atomic mass is 16.5. The van der Waals surface area contributed by atoms with Gasteiger partial charge in [-0.25, -0.2) is 9.97 Å². The number of hydrogen-bond acceptors (Lipinski definition) is 6. The Morgan fingerprint density at radius 3 is 2.75 bits per heavy atom. The highest BCUT2D eigenvalue weighted by Crippen LogP contribution is 2.41. The van der Waals surface area contributed by atoms with Crippen LogP contribution in [0.25, 0.3) is 0 Å². The predicted molar refractivity (Wildman–Crippen MR) is 85.9 cm³/mol. The molecule has 0 radical (unpaired) electrons. The SMILES string of the molecule is COc1cc(N2CCC3(CCC(=O)N(CC(=O)O)C3)CC2)ncn1. The smallest absolute Gasteiger partial charge is 0.323 e. The number of methoxy groups -OCH3 is 1. The van der Waals surface area contributed by atoms with Crippen molar-refractivity contribution in [3.63, 3.8) is 0 Å². The molecule has 3 heterocycles. The summed E-state index contributed by atoms with van der Waals surface area (Å²) in [6.45, 7) is 2.00. The van der Waals surface area contributed by atoms with Crippen molar-refractivity contribution in [2.45, 2.75) is 25.7 Å². The summed E-state index contributed by atoms with van der Waals surface area (Å²) in [5.41, 5.74) is 0.0248. The first kappa shape index (κ1) is 16.5. The standard InChI is InChI=1S/C16H22N4O4/c1-24-13-8-12(17-11-18-13)19-6-4-16(5-7-19)3-2-14(21)20(10-16)9-15(22)23/h8,11H,2-7,9-10H2,1H3,(H,22,23). The third kappa shape index (κ3) is 3.42. The van der Waals surface area contributed by atoms with Crippen LogP contribution in [-0.4, -0.2) is 65.1 Å². The van der Waals surface area contributed by atoms with Crippen LogP contribution in [0.3, 0.4) is 0 Å². The number of rotatable bonds is 4. The molecule has 1 aromatic heterocycles. The summed E-state index contributed by atoms with van der Waals surface area (Å²) in [6, 6.07) is 1.82. The van der Waals surface area contributed by atoms with Gasteiger partial charge < -0.3 is 19.6 Å². The molecule has 24 heavy (non-hydrogen) atoms. The summed E-state index contributed by atoms with van der Waals surface area (Å²) in [5, 5.41) is 8.98. The average Bonchev–Trinajstić information content (AvgIpc) is 2.59. The van der Waals surface area contributed by atoms with E-state index in [-0.39, 0.29) is 17.9 Å². The lowest BCUT2D eigenvalue weighted by atomic mass is 9.72. The Balaban J connectivity index is 1.65. The summed E-state index contributed by atoms with van der Waals surface area (Å²) in [5.74, 6) is 0.374. The van der Waals surface area contributed by atoms with Crippen molar-refractivity contribution in [3.8, 4) is 5.88 Å². The van der Waals surface area contributed by atoms with Crippen LogP contribution in [0.5, 0.6) is 5.88 Å². The van der Waals surface area contributed by atoms with E-state index in [4.69, 9.17) is 9.84 Å². The summed E-state index contributed by atoms with van der Waals surface area (Å²) >= 11 is 0. The highest BCUT2D eigenvalue weighted by Gasteiger charge is 2.41. The summed E-state index contributed by atoms with van der Waals surface area (Å²) in [4.78, 5) is 34.9. The number of anilines is 1. The predicted octanol–water partition coefficient (Wildman–Crippen LogP) is 0.779. The van der Waals surface area contributed by atoms with Gasteiger partial charge in [-0.05, 0) is 24.7 Å². The van der Waals surface area contributed by atoms with Gasteiger partial charge in [-0.1, -0.05) is 0 Å². The fourth-order valence-corrected chi connectivity index (χ4v) is 3.64. The van der Waals surface area contributed by atoms with Crippen molar-refractivity contribution in [1.29, 1.82) is 0 Å². The molecule has 8 heteroatoms. The van der Waals surface area contributed by atoms with Gasteiger partial charge >= 0.3 is 5.97 Å². The minimum atomic E-state index is -0.953. The molecule has 1 amide bonds.